The van der Waals surface area contributed by atoms with Gasteiger partial charge in [-0.2, -0.15) is 5.10 Å². The maximum absolute atomic E-state index is 12.4. The topological polar surface area (TPSA) is 78.3 Å². The van der Waals surface area contributed by atoms with Gasteiger partial charge in [0.15, 0.2) is 5.13 Å². The fraction of sp³-hybridized carbons (Fsp3) is 0.235. The lowest BCUT2D eigenvalue weighted by Crippen LogP contribution is -2.17. The van der Waals surface area contributed by atoms with Crippen molar-refractivity contribution in [1.29, 1.82) is 0 Å². The van der Waals surface area contributed by atoms with E-state index in [2.05, 4.69) is 15.4 Å². The molecule has 2 heterocycles. The number of benzene rings is 1. The lowest BCUT2D eigenvalue weighted by atomic mass is 10.1. The smallest absolute Gasteiger partial charge is 0.275 e. The van der Waals surface area contributed by atoms with E-state index in [0.29, 0.717) is 34.6 Å². The van der Waals surface area contributed by atoms with Gasteiger partial charge in [0, 0.05) is 23.7 Å². The molecule has 0 atom stereocenters. The average Bonchev–Trinajstić information content (AvgIpc) is 3.30. The van der Waals surface area contributed by atoms with Crippen LogP contribution in [0.2, 0.25) is 0 Å². The third kappa shape index (κ3) is 3.48. The number of carbonyl (C=O) groups excluding carboxylic acids is 1. The molecule has 7 nitrogen and oxygen atoms in total. The molecule has 130 valence electrons. The Morgan fingerprint density at radius 3 is 2.84 bits per heavy atom. The molecule has 0 unspecified atom stereocenters. The number of rotatable bonds is 6. The highest BCUT2D eigenvalue weighted by atomic mass is 32.1. The molecule has 0 fully saturated rings. The van der Waals surface area contributed by atoms with Gasteiger partial charge in [-0.1, -0.05) is 0 Å². The largest absolute Gasteiger partial charge is 0.497 e. The number of aromatic nitrogens is 3. The van der Waals surface area contributed by atoms with Crippen LogP contribution in [0.3, 0.4) is 0 Å². The highest BCUT2D eigenvalue weighted by molar-refractivity contribution is 7.14. The van der Waals surface area contributed by atoms with E-state index in [1.165, 1.54) is 11.3 Å². The molecule has 0 radical (unpaired) electrons. The summed E-state index contributed by atoms with van der Waals surface area (Å²) < 4.78 is 12.3. The molecule has 8 heteroatoms. The number of carbonyl (C=O) groups is 1. The van der Waals surface area contributed by atoms with Gasteiger partial charge < -0.3 is 9.47 Å². The number of nitrogens with one attached hydrogen (secondary N) is 1. The maximum Gasteiger partial charge on any atom is 0.275 e. The molecule has 0 saturated heterocycles. The summed E-state index contributed by atoms with van der Waals surface area (Å²) >= 11 is 1.35. The minimum absolute atomic E-state index is 0.238. The third-order valence-corrected chi connectivity index (χ3v) is 4.41. The van der Waals surface area contributed by atoms with Crippen LogP contribution in [-0.2, 0) is 6.54 Å². The van der Waals surface area contributed by atoms with E-state index in [-0.39, 0.29) is 5.91 Å². The van der Waals surface area contributed by atoms with Crippen molar-refractivity contribution in [3.8, 4) is 22.8 Å². The molecule has 3 aromatic rings. The maximum atomic E-state index is 12.4. The molecule has 1 aromatic carbocycles. The van der Waals surface area contributed by atoms with Gasteiger partial charge >= 0.3 is 0 Å². The summed E-state index contributed by atoms with van der Waals surface area (Å²) in [6.45, 7) is 2.56. The Balaban J connectivity index is 1.84. The normalized spacial score (nSPS) is 10.5. The highest BCUT2D eigenvalue weighted by Crippen LogP contribution is 2.35. The first-order valence-corrected chi connectivity index (χ1v) is 8.55. The number of hydrogen-bond acceptors (Lipinski definition) is 6. The summed E-state index contributed by atoms with van der Waals surface area (Å²) in [6, 6.07) is 7.18. The fourth-order valence-corrected chi connectivity index (χ4v) is 3.11. The predicted octanol–water partition coefficient (Wildman–Crippen LogP) is 3.30. The number of hydrogen-bond donors (Lipinski definition) is 1. The van der Waals surface area contributed by atoms with Crippen LogP contribution in [0, 0.1) is 0 Å². The summed E-state index contributed by atoms with van der Waals surface area (Å²) in [5.41, 5.74) is 2.01. The molecule has 1 amide bonds. The highest BCUT2D eigenvalue weighted by Gasteiger charge is 2.15. The molecule has 3 rings (SSSR count). The van der Waals surface area contributed by atoms with Crippen LogP contribution in [-0.4, -0.2) is 34.9 Å². The number of nitrogens with zero attached hydrogens (tertiary/aromatic N) is 3. The molecule has 0 aliphatic heterocycles. The van der Waals surface area contributed by atoms with Crippen molar-refractivity contribution in [1.82, 2.24) is 14.8 Å². The lowest BCUT2D eigenvalue weighted by Gasteiger charge is -2.08. The van der Waals surface area contributed by atoms with Crippen LogP contribution in [0.15, 0.2) is 35.8 Å². The zero-order valence-electron chi connectivity index (χ0n) is 14.1. The van der Waals surface area contributed by atoms with Gasteiger partial charge in [-0.05, 0) is 31.2 Å². The Hall–Kier alpha value is -2.87. The molecular formula is C17H18N4O3S. The minimum Gasteiger partial charge on any atom is -0.497 e. The predicted molar refractivity (Wildman–Crippen MR) is 96.5 cm³/mol. The lowest BCUT2D eigenvalue weighted by molar-refractivity contribution is 0.101. The van der Waals surface area contributed by atoms with Crippen LogP contribution in [0.5, 0.6) is 11.5 Å². The Morgan fingerprint density at radius 2 is 2.12 bits per heavy atom. The quantitative estimate of drug-likeness (QED) is 0.731. The summed E-state index contributed by atoms with van der Waals surface area (Å²) in [6.07, 6.45) is 1.60. The Labute approximate surface area is 149 Å². The Bertz CT molecular complexity index is 888. The van der Waals surface area contributed by atoms with Crippen LogP contribution in [0.4, 0.5) is 5.13 Å². The van der Waals surface area contributed by atoms with Gasteiger partial charge in [0.1, 0.15) is 17.2 Å². The first-order chi connectivity index (χ1) is 12.2. The SMILES string of the molecule is CCn1nccc1C(=O)Nc1nc(-c2cc(OC)ccc2OC)cs1. The first kappa shape index (κ1) is 17.0. The summed E-state index contributed by atoms with van der Waals surface area (Å²) in [5, 5.41) is 9.28. The van der Waals surface area contributed by atoms with E-state index in [4.69, 9.17) is 9.47 Å². The average molecular weight is 358 g/mol. The molecular weight excluding hydrogens is 340 g/mol. The van der Waals surface area contributed by atoms with E-state index in [9.17, 15) is 4.79 Å². The van der Waals surface area contributed by atoms with Crippen LogP contribution < -0.4 is 14.8 Å². The molecule has 0 aliphatic carbocycles. The second kappa shape index (κ2) is 7.35. The summed E-state index contributed by atoms with van der Waals surface area (Å²) in [4.78, 5) is 16.9. The van der Waals surface area contributed by atoms with Crippen molar-refractivity contribution in [3.63, 3.8) is 0 Å². The summed E-state index contributed by atoms with van der Waals surface area (Å²) in [7, 11) is 3.21. The second-order valence-corrected chi connectivity index (χ2v) is 5.95. The molecule has 1 N–H and O–H groups in total. The van der Waals surface area contributed by atoms with Crippen molar-refractivity contribution in [2.24, 2.45) is 0 Å². The van der Waals surface area contributed by atoms with E-state index < -0.39 is 0 Å². The van der Waals surface area contributed by atoms with Crippen LogP contribution in [0.25, 0.3) is 11.3 Å². The van der Waals surface area contributed by atoms with E-state index in [0.717, 1.165) is 5.56 Å². The molecule has 0 spiro atoms. The van der Waals surface area contributed by atoms with Crippen molar-refractivity contribution < 1.29 is 14.3 Å². The Kier molecular flexibility index (Phi) is 4.99. The molecule has 0 bridgehead atoms. The first-order valence-electron chi connectivity index (χ1n) is 7.67. The van der Waals surface area contributed by atoms with Crippen LogP contribution >= 0.6 is 11.3 Å². The zero-order chi connectivity index (χ0) is 17.8. The molecule has 0 saturated carbocycles. The van der Waals surface area contributed by atoms with Gasteiger partial charge in [0.2, 0.25) is 0 Å². The number of thiazole rings is 1. The monoisotopic (exact) mass is 358 g/mol. The van der Waals surface area contributed by atoms with Crippen molar-refractivity contribution in [2.75, 3.05) is 19.5 Å². The van der Waals surface area contributed by atoms with Gasteiger partial charge in [0.05, 0.1) is 19.9 Å². The van der Waals surface area contributed by atoms with Gasteiger partial charge in [0.25, 0.3) is 5.91 Å². The van der Waals surface area contributed by atoms with E-state index >= 15 is 0 Å². The molecule has 2 aromatic heterocycles. The minimum atomic E-state index is -0.238. The van der Waals surface area contributed by atoms with Gasteiger partial charge in [-0.3, -0.25) is 14.8 Å². The van der Waals surface area contributed by atoms with Gasteiger partial charge in [-0.25, -0.2) is 4.98 Å². The van der Waals surface area contributed by atoms with Crippen LogP contribution in [0.1, 0.15) is 17.4 Å². The van der Waals surface area contributed by atoms with Gasteiger partial charge in [-0.15, -0.1) is 11.3 Å². The summed E-state index contributed by atoms with van der Waals surface area (Å²) in [5.74, 6) is 1.16. The Morgan fingerprint density at radius 1 is 1.28 bits per heavy atom. The number of methoxy groups -OCH3 is 2. The molecule has 0 aliphatic rings. The molecule has 25 heavy (non-hydrogen) atoms. The number of amides is 1. The second-order valence-electron chi connectivity index (χ2n) is 5.09. The fourth-order valence-electron chi connectivity index (χ4n) is 2.41. The van der Waals surface area contributed by atoms with E-state index in [1.54, 1.807) is 31.2 Å². The number of ether oxygens (including phenoxy) is 2. The standard InChI is InChI=1S/C17H18N4O3S/c1-4-21-14(7-8-18-21)16(22)20-17-19-13(10-25-17)12-9-11(23-2)5-6-15(12)24-3/h5-10H,4H2,1-3H3,(H,19,20,22). The zero-order valence-corrected chi connectivity index (χ0v) is 15.0. The number of aryl methyl sites for hydroxylation is 1. The third-order valence-electron chi connectivity index (χ3n) is 3.66. The van der Waals surface area contributed by atoms with Crippen molar-refractivity contribution in [3.05, 3.63) is 41.5 Å². The van der Waals surface area contributed by atoms with E-state index in [1.807, 2.05) is 30.5 Å². The van der Waals surface area contributed by atoms with Crippen molar-refractivity contribution in [2.45, 2.75) is 13.5 Å². The van der Waals surface area contributed by atoms with Crippen molar-refractivity contribution >= 4 is 22.4 Å². The number of anilines is 1.